The summed E-state index contributed by atoms with van der Waals surface area (Å²) < 4.78 is 0. The van der Waals surface area contributed by atoms with Crippen LogP contribution in [0.4, 0.5) is 5.95 Å². The van der Waals surface area contributed by atoms with E-state index in [-0.39, 0.29) is 0 Å². The van der Waals surface area contributed by atoms with E-state index in [9.17, 15) is 5.26 Å². The van der Waals surface area contributed by atoms with Crippen LogP contribution in [-0.2, 0) is 0 Å². The third-order valence-electron chi connectivity index (χ3n) is 4.09. The Bertz CT molecular complexity index is 692. The van der Waals surface area contributed by atoms with Gasteiger partial charge in [0, 0.05) is 24.7 Å². The van der Waals surface area contributed by atoms with Gasteiger partial charge in [-0.25, -0.2) is 9.97 Å². The van der Waals surface area contributed by atoms with Gasteiger partial charge in [-0.2, -0.15) is 5.26 Å². The molecule has 0 unspecified atom stereocenters. The molecule has 4 nitrogen and oxygen atoms in total. The summed E-state index contributed by atoms with van der Waals surface area (Å²) in [5, 5.41) is 9.23. The van der Waals surface area contributed by atoms with Crippen molar-refractivity contribution >= 4 is 5.95 Å². The molecule has 1 aromatic heterocycles. The molecule has 1 saturated heterocycles. The largest absolute Gasteiger partial charge is 0.341 e. The van der Waals surface area contributed by atoms with Crippen LogP contribution in [-0.4, -0.2) is 23.1 Å². The van der Waals surface area contributed by atoms with Gasteiger partial charge in [0.2, 0.25) is 5.95 Å². The molecule has 1 aromatic carbocycles. The summed E-state index contributed by atoms with van der Waals surface area (Å²) in [7, 11) is 0. The lowest BCUT2D eigenvalue weighted by Gasteiger charge is -2.16. The third kappa shape index (κ3) is 2.94. The smallest absolute Gasteiger partial charge is 0.227 e. The molecule has 1 aliphatic heterocycles. The molecule has 0 atom stereocenters. The maximum atomic E-state index is 9.23. The molecule has 3 rings (SSSR count). The van der Waals surface area contributed by atoms with Crippen LogP contribution in [0, 0.1) is 11.3 Å². The molecule has 4 heteroatoms. The Morgan fingerprint density at radius 3 is 2.36 bits per heavy atom. The van der Waals surface area contributed by atoms with E-state index < -0.39 is 0 Å². The van der Waals surface area contributed by atoms with Crippen molar-refractivity contribution in [3.63, 3.8) is 0 Å². The molecule has 22 heavy (non-hydrogen) atoms. The fraction of sp³-hybridized carbons (Fsp3) is 0.389. The fourth-order valence-corrected chi connectivity index (χ4v) is 2.74. The molecular weight excluding hydrogens is 272 g/mol. The molecule has 0 radical (unpaired) electrons. The standard InChI is InChI=1S/C18H20N4/c1-13(2)14-5-7-15(8-6-14)17-11-16(12-19)20-18(21-17)22-9-3-4-10-22/h5-8,11,13H,3-4,9-10H2,1-2H3. The molecule has 2 aromatic rings. The summed E-state index contributed by atoms with van der Waals surface area (Å²) in [4.78, 5) is 11.2. The topological polar surface area (TPSA) is 52.8 Å². The molecule has 1 fully saturated rings. The molecule has 112 valence electrons. The zero-order chi connectivity index (χ0) is 15.5. The minimum atomic E-state index is 0.430. The van der Waals surface area contributed by atoms with Gasteiger partial charge in [-0.3, -0.25) is 0 Å². The van der Waals surface area contributed by atoms with Gasteiger partial charge in [0.05, 0.1) is 5.69 Å². The van der Waals surface area contributed by atoms with E-state index in [2.05, 4.69) is 59.1 Å². The Kier molecular flexibility index (Phi) is 4.06. The first kappa shape index (κ1) is 14.5. The summed E-state index contributed by atoms with van der Waals surface area (Å²) in [6.07, 6.45) is 2.33. The fourth-order valence-electron chi connectivity index (χ4n) is 2.74. The predicted octanol–water partition coefficient (Wildman–Crippen LogP) is 3.74. The van der Waals surface area contributed by atoms with E-state index >= 15 is 0 Å². The molecule has 2 heterocycles. The lowest BCUT2D eigenvalue weighted by molar-refractivity contribution is 0.866. The second-order valence-electron chi connectivity index (χ2n) is 6.02. The van der Waals surface area contributed by atoms with Crippen LogP contribution in [0.2, 0.25) is 0 Å². The van der Waals surface area contributed by atoms with E-state index in [1.54, 1.807) is 6.07 Å². The molecule has 0 amide bonds. The molecule has 0 bridgehead atoms. The second-order valence-corrected chi connectivity index (χ2v) is 6.02. The first-order chi connectivity index (χ1) is 10.7. The van der Waals surface area contributed by atoms with Gasteiger partial charge in [0.25, 0.3) is 0 Å². The summed E-state index contributed by atoms with van der Waals surface area (Å²) in [6.45, 7) is 6.30. The van der Waals surface area contributed by atoms with Crippen molar-refractivity contribution in [3.05, 3.63) is 41.6 Å². The summed E-state index contributed by atoms with van der Waals surface area (Å²) in [5.41, 5.74) is 3.59. The Hall–Kier alpha value is -2.41. The zero-order valence-electron chi connectivity index (χ0n) is 13.1. The van der Waals surface area contributed by atoms with Crippen LogP contribution < -0.4 is 4.90 Å². The lowest BCUT2D eigenvalue weighted by atomic mass is 10.0. The Labute approximate surface area is 131 Å². The predicted molar refractivity (Wildman–Crippen MR) is 87.7 cm³/mol. The third-order valence-corrected chi connectivity index (χ3v) is 4.09. The van der Waals surface area contributed by atoms with Crippen molar-refractivity contribution < 1.29 is 0 Å². The number of benzene rings is 1. The maximum Gasteiger partial charge on any atom is 0.227 e. The van der Waals surface area contributed by atoms with Crippen LogP contribution in [0.15, 0.2) is 30.3 Å². The highest BCUT2D eigenvalue weighted by molar-refractivity contribution is 5.62. The highest BCUT2D eigenvalue weighted by atomic mass is 15.3. The van der Waals surface area contributed by atoms with Crippen molar-refractivity contribution in [2.24, 2.45) is 0 Å². The minimum absolute atomic E-state index is 0.430. The Balaban J connectivity index is 1.98. The van der Waals surface area contributed by atoms with Crippen LogP contribution in [0.5, 0.6) is 0 Å². The van der Waals surface area contributed by atoms with Gasteiger partial charge in [0.15, 0.2) is 0 Å². The first-order valence-electron chi connectivity index (χ1n) is 7.82. The maximum absolute atomic E-state index is 9.23. The van der Waals surface area contributed by atoms with Crippen molar-refractivity contribution in [1.29, 1.82) is 5.26 Å². The molecule has 0 spiro atoms. The average molecular weight is 292 g/mol. The number of nitriles is 1. The summed E-state index contributed by atoms with van der Waals surface area (Å²) >= 11 is 0. The average Bonchev–Trinajstić information content (AvgIpc) is 3.09. The Morgan fingerprint density at radius 1 is 1.09 bits per heavy atom. The lowest BCUT2D eigenvalue weighted by Crippen LogP contribution is -2.21. The van der Waals surface area contributed by atoms with Gasteiger partial charge in [0.1, 0.15) is 11.8 Å². The van der Waals surface area contributed by atoms with Crippen molar-refractivity contribution in [1.82, 2.24) is 9.97 Å². The molecule has 0 aliphatic carbocycles. The first-order valence-corrected chi connectivity index (χ1v) is 7.82. The minimum Gasteiger partial charge on any atom is -0.341 e. The normalized spacial score (nSPS) is 14.4. The number of anilines is 1. The number of hydrogen-bond donors (Lipinski definition) is 0. The van der Waals surface area contributed by atoms with E-state index in [1.807, 2.05) is 0 Å². The molecule has 0 saturated carbocycles. The highest BCUT2D eigenvalue weighted by Crippen LogP contribution is 2.24. The second kappa shape index (κ2) is 6.15. The van der Waals surface area contributed by atoms with Crippen LogP contribution in [0.25, 0.3) is 11.3 Å². The monoisotopic (exact) mass is 292 g/mol. The van der Waals surface area contributed by atoms with Gasteiger partial charge in [-0.1, -0.05) is 38.1 Å². The quantitative estimate of drug-likeness (QED) is 0.864. The zero-order valence-corrected chi connectivity index (χ0v) is 13.1. The van der Waals surface area contributed by atoms with Gasteiger partial charge in [-0.15, -0.1) is 0 Å². The number of aromatic nitrogens is 2. The van der Waals surface area contributed by atoms with Crippen LogP contribution >= 0.6 is 0 Å². The molecular formula is C18H20N4. The Morgan fingerprint density at radius 2 is 1.77 bits per heavy atom. The van der Waals surface area contributed by atoms with Gasteiger partial charge >= 0.3 is 0 Å². The van der Waals surface area contributed by atoms with Crippen LogP contribution in [0.3, 0.4) is 0 Å². The van der Waals surface area contributed by atoms with Gasteiger partial charge in [-0.05, 0) is 24.3 Å². The SMILES string of the molecule is CC(C)c1ccc(-c2cc(C#N)nc(N3CCCC3)n2)cc1. The number of hydrogen-bond acceptors (Lipinski definition) is 4. The van der Waals surface area contributed by atoms with Crippen LogP contribution in [0.1, 0.15) is 43.9 Å². The van der Waals surface area contributed by atoms with Gasteiger partial charge < -0.3 is 4.90 Å². The highest BCUT2D eigenvalue weighted by Gasteiger charge is 2.17. The van der Waals surface area contributed by atoms with Crippen molar-refractivity contribution in [2.75, 3.05) is 18.0 Å². The van der Waals surface area contributed by atoms with Crippen molar-refractivity contribution in [2.45, 2.75) is 32.6 Å². The molecule has 1 aliphatic rings. The van der Waals surface area contributed by atoms with E-state index in [0.29, 0.717) is 17.6 Å². The van der Waals surface area contributed by atoms with E-state index in [0.717, 1.165) is 24.3 Å². The number of nitrogens with zero attached hydrogens (tertiary/aromatic N) is 4. The molecule has 0 N–H and O–H groups in total. The number of rotatable bonds is 3. The van der Waals surface area contributed by atoms with E-state index in [4.69, 9.17) is 0 Å². The van der Waals surface area contributed by atoms with Crippen molar-refractivity contribution in [3.8, 4) is 17.3 Å². The summed E-state index contributed by atoms with van der Waals surface area (Å²) in [6, 6.07) is 12.3. The van der Waals surface area contributed by atoms with E-state index in [1.165, 1.54) is 18.4 Å². The summed E-state index contributed by atoms with van der Waals surface area (Å²) in [5.74, 6) is 1.19.